The number of nitrogens with one attached hydrogen (secondary N) is 1. The average molecular weight is 490 g/mol. The first-order valence-electron chi connectivity index (χ1n) is 12.4. The molecule has 0 aromatic heterocycles. The van der Waals surface area contributed by atoms with Crippen molar-refractivity contribution in [2.24, 2.45) is 0 Å². The number of amides is 4. The lowest BCUT2D eigenvalue weighted by molar-refractivity contribution is -0.136. The van der Waals surface area contributed by atoms with Crippen LogP contribution in [0.5, 0.6) is 5.75 Å². The second-order valence-electron chi connectivity index (χ2n) is 9.88. The van der Waals surface area contributed by atoms with Gasteiger partial charge in [0, 0.05) is 26.1 Å². The SMILES string of the molecule is O=C1CCC(N2C(=O)c3cccc(OCc4ccc(CN5CC6CCC(C5)O6)cc4)c3C2=O)C(=O)N1. The molecule has 9 heteroatoms. The molecule has 0 aliphatic carbocycles. The molecule has 3 fully saturated rings. The van der Waals surface area contributed by atoms with Crippen molar-refractivity contribution < 1.29 is 28.7 Å². The van der Waals surface area contributed by atoms with Crippen LogP contribution >= 0.6 is 0 Å². The number of carbonyl (C=O) groups excluding carboxylic acids is 4. The molecular formula is C27H27N3O6. The van der Waals surface area contributed by atoms with Gasteiger partial charge in [0.15, 0.2) is 0 Å². The lowest BCUT2D eigenvalue weighted by atomic mass is 10.0. The van der Waals surface area contributed by atoms with E-state index in [1.165, 1.54) is 5.56 Å². The van der Waals surface area contributed by atoms with Crippen LogP contribution < -0.4 is 10.1 Å². The number of ether oxygens (including phenoxy) is 2. The van der Waals surface area contributed by atoms with E-state index < -0.39 is 29.7 Å². The number of imide groups is 2. The van der Waals surface area contributed by atoms with Gasteiger partial charge in [-0.1, -0.05) is 30.3 Å². The minimum Gasteiger partial charge on any atom is -0.488 e. The summed E-state index contributed by atoms with van der Waals surface area (Å²) in [6.07, 6.45) is 3.23. The quantitative estimate of drug-likeness (QED) is 0.619. The van der Waals surface area contributed by atoms with E-state index in [1.807, 2.05) is 12.1 Å². The number of fused-ring (bicyclic) bond motifs is 3. The number of rotatable bonds is 6. The molecule has 3 atom stereocenters. The summed E-state index contributed by atoms with van der Waals surface area (Å²) in [7, 11) is 0. The van der Waals surface area contributed by atoms with Crippen LogP contribution in [-0.2, 0) is 27.5 Å². The van der Waals surface area contributed by atoms with Gasteiger partial charge in [0.2, 0.25) is 11.8 Å². The highest BCUT2D eigenvalue weighted by atomic mass is 16.5. The van der Waals surface area contributed by atoms with E-state index in [0.29, 0.717) is 18.0 Å². The number of likely N-dealkylation sites (tertiary alicyclic amines) is 1. The molecule has 1 N–H and O–H groups in total. The second-order valence-corrected chi connectivity index (χ2v) is 9.88. The Morgan fingerprint density at radius 1 is 0.889 bits per heavy atom. The van der Waals surface area contributed by atoms with Gasteiger partial charge in [0.25, 0.3) is 11.8 Å². The molecule has 4 heterocycles. The van der Waals surface area contributed by atoms with Gasteiger partial charge in [-0.2, -0.15) is 0 Å². The van der Waals surface area contributed by atoms with Gasteiger partial charge in [-0.25, -0.2) is 0 Å². The fourth-order valence-corrected chi connectivity index (χ4v) is 5.59. The Morgan fingerprint density at radius 3 is 2.33 bits per heavy atom. The van der Waals surface area contributed by atoms with E-state index in [0.717, 1.165) is 42.9 Å². The smallest absolute Gasteiger partial charge is 0.266 e. The molecule has 2 bridgehead atoms. The molecule has 6 rings (SSSR count). The van der Waals surface area contributed by atoms with Gasteiger partial charge in [-0.05, 0) is 42.5 Å². The predicted octanol–water partition coefficient (Wildman–Crippen LogP) is 2.03. The Morgan fingerprint density at radius 2 is 1.61 bits per heavy atom. The van der Waals surface area contributed by atoms with Crippen LogP contribution in [0.2, 0.25) is 0 Å². The number of hydrogen-bond acceptors (Lipinski definition) is 7. The number of nitrogens with zero attached hydrogens (tertiary/aromatic N) is 2. The minimum absolute atomic E-state index is 0.0792. The van der Waals surface area contributed by atoms with Gasteiger partial charge in [0.05, 0.1) is 23.3 Å². The third kappa shape index (κ3) is 4.18. The molecule has 0 radical (unpaired) electrons. The van der Waals surface area contributed by atoms with Gasteiger partial charge in [-0.3, -0.25) is 34.3 Å². The highest BCUT2D eigenvalue weighted by Crippen LogP contribution is 2.34. The van der Waals surface area contributed by atoms with Crippen LogP contribution in [0.1, 0.15) is 57.5 Å². The van der Waals surface area contributed by atoms with Crippen molar-refractivity contribution in [1.82, 2.24) is 15.1 Å². The molecule has 2 aromatic rings. The number of piperidine rings is 1. The van der Waals surface area contributed by atoms with Crippen LogP contribution in [0.3, 0.4) is 0 Å². The van der Waals surface area contributed by atoms with Gasteiger partial charge < -0.3 is 9.47 Å². The van der Waals surface area contributed by atoms with E-state index in [4.69, 9.17) is 9.47 Å². The summed E-state index contributed by atoms with van der Waals surface area (Å²) in [4.78, 5) is 53.4. The normalized spacial score (nSPS) is 25.8. The maximum absolute atomic E-state index is 13.2. The third-order valence-electron chi connectivity index (χ3n) is 7.37. The summed E-state index contributed by atoms with van der Waals surface area (Å²) in [5, 5.41) is 2.21. The van der Waals surface area contributed by atoms with E-state index >= 15 is 0 Å². The van der Waals surface area contributed by atoms with Gasteiger partial charge >= 0.3 is 0 Å². The largest absolute Gasteiger partial charge is 0.488 e. The lowest BCUT2D eigenvalue weighted by Gasteiger charge is -2.32. The van der Waals surface area contributed by atoms with Crippen LogP contribution in [0.25, 0.3) is 0 Å². The van der Waals surface area contributed by atoms with Crippen molar-refractivity contribution in [3.63, 3.8) is 0 Å². The van der Waals surface area contributed by atoms with E-state index in [2.05, 4.69) is 22.3 Å². The molecule has 4 aliphatic rings. The summed E-state index contributed by atoms with van der Waals surface area (Å²) >= 11 is 0. The van der Waals surface area contributed by atoms with Crippen molar-refractivity contribution in [2.75, 3.05) is 13.1 Å². The summed E-state index contributed by atoms with van der Waals surface area (Å²) in [5.41, 5.74) is 2.53. The van der Waals surface area contributed by atoms with Crippen molar-refractivity contribution in [3.05, 3.63) is 64.7 Å². The summed E-state index contributed by atoms with van der Waals surface area (Å²) in [6, 6.07) is 12.1. The van der Waals surface area contributed by atoms with Crippen molar-refractivity contribution in [2.45, 2.75) is 57.1 Å². The topological polar surface area (TPSA) is 105 Å². The van der Waals surface area contributed by atoms with Crippen LogP contribution in [0.4, 0.5) is 0 Å². The van der Waals surface area contributed by atoms with E-state index in [9.17, 15) is 19.2 Å². The van der Waals surface area contributed by atoms with Crippen LogP contribution in [0, 0.1) is 0 Å². The van der Waals surface area contributed by atoms with Crippen molar-refractivity contribution >= 4 is 23.6 Å². The average Bonchev–Trinajstić information content (AvgIpc) is 3.34. The zero-order valence-corrected chi connectivity index (χ0v) is 19.8. The first-order chi connectivity index (χ1) is 17.5. The minimum atomic E-state index is -1.00. The molecule has 0 spiro atoms. The predicted molar refractivity (Wildman–Crippen MR) is 127 cm³/mol. The fraction of sp³-hybridized carbons (Fsp3) is 0.407. The van der Waals surface area contributed by atoms with Gasteiger partial charge in [-0.15, -0.1) is 0 Å². The van der Waals surface area contributed by atoms with E-state index in [1.54, 1.807) is 18.2 Å². The van der Waals surface area contributed by atoms with E-state index in [-0.39, 0.29) is 30.6 Å². The Labute approximate surface area is 208 Å². The molecule has 3 saturated heterocycles. The highest BCUT2D eigenvalue weighted by molar-refractivity contribution is 6.24. The van der Waals surface area contributed by atoms with Crippen molar-refractivity contribution in [1.29, 1.82) is 0 Å². The molecule has 2 aromatic carbocycles. The first kappa shape index (κ1) is 22.9. The zero-order valence-electron chi connectivity index (χ0n) is 19.8. The monoisotopic (exact) mass is 489 g/mol. The summed E-state index contributed by atoms with van der Waals surface area (Å²) in [6.45, 7) is 3.07. The highest BCUT2D eigenvalue weighted by Gasteiger charge is 2.46. The number of hydrogen-bond donors (Lipinski definition) is 1. The number of benzene rings is 2. The maximum atomic E-state index is 13.2. The fourth-order valence-electron chi connectivity index (χ4n) is 5.59. The zero-order chi connectivity index (χ0) is 24.8. The molecule has 9 nitrogen and oxygen atoms in total. The Hall–Kier alpha value is -3.56. The summed E-state index contributed by atoms with van der Waals surface area (Å²) in [5.74, 6) is -1.85. The third-order valence-corrected chi connectivity index (χ3v) is 7.37. The standard InChI is InChI=1S/C27H27N3O6/c31-23-11-10-21(25(32)28-23)30-26(33)20-2-1-3-22(24(20)27(30)34)35-15-17-6-4-16(5-7-17)12-29-13-18-8-9-19(14-29)36-18/h1-7,18-19,21H,8-15H2,(H,28,31,32). The summed E-state index contributed by atoms with van der Waals surface area (Å²) < 4.78 is 11.9. The molecule has 0 saturated carbocycles. The molecule has 36 heavy (non-hydrogen) atoms. The van der Waals surface area contributed by atoms with Crippen molar-refractivity contribution in [3.8, 4) is 5.75 Å². The van der Waals surface area contributed by atoms with Crippen LogP contribution in [0.15, 0.2) is 42.5 Å². The molecule has 4 amide bonds. The Bertz CT molecular complexity index is 1230. The Balaban J connectivity index is 1.12. The molecule has 3 unspecified atom stereocenters. The van der Waals surface area contributed by atoms with Gasteiger partial charge in [0.1, 0.15) is 18.4 Å². The lowest BCUT2D eigenvalue weighted by Crippen LogP contribution is -2.54. The van der Waals surface area contributed by atoms with Crippen LogP contribution in [-0.4, -0.2) is 64.8 Å². The number of carbonyl (C=O) groups is 4. The Kier molecular flexibility index (Phi) is 5.81. The first-order valence-corrected chi connectivity index (χ1v) is 12.4. The molecule has 4 aliphatic heterocycles. The molecule has 186 valence electrons. The number of morpholine rings is 1. The second kappa shape index (κ2) is 9.15. The molecular weight excluding hydrogens is 462 g/mol. The maximum Gasteiger partial charge on any atom is 0.266 e.